The number of hydrogen-bond donors (Lipinski definition) is 3. The molecule has 170 valence electrons. The van der Waals surface area contributed by atoms with Gasteiger partial charge in [-0.3, -0.25) is 4.79 Å². The number of nitrogens with one attached hydrogen (secondary N) is 2. The number of amides is 1. The summed E-state index contributed by atoms with van der Waals surface area (Å²) in [6.07, 6.45) is 9.98. The largest absolute Gasteiger partial charge is 0.508 e. The number of carbonyl (C=O) groups excluding carboxylic acids is 1. The maximum atomic E-state index is 12.9. The Kier molecular flexibility index (Phi) is 5.89. The van der Waals surface area contributed by atoms with E-state index in [2.05, 4.69) is 27.5 Å². The van der Waals surface area contributed by atoms with Gasteiger partial charge in [-0.15, -0.1) is 0 Å². The normalized spacial score (nSPS) is 15.9. The summed E-state index contributed by atoms with van der Waals surface area (Å²) in [5.74, 6) is 1.27. The number of benzene rings is 1. The Bertz CT molecular complexity index is 1290. The van der Waals surface area contributed by atoms with E-state index < -0.39 is 0 Å². The number of phenols is 1. The van der Waals surface area contributed by atoms with Crippen molar-refractivity contribution in [2.75, 3.05) is 10.6 Å². The van der Waals surface area contributed by atoms with Crippen LogP contribution < -0.4 is 10.6 Å². The van der Waals surface area contributed by atoms with Crippen molar-refractivity contribution in [1.82, 2.24) is 15.0 Å². The summed E-state index contributed by atoms with van der Waals surface area (Å²) in [5, 5.41) is 17.1. The first-order valence-electron chi connectivity index (χ1n) is 11.0. The van der Waals surface area contributed by atoms with Crippen LogP contribution in [-0.4, -0.2) is 31.5 Å². The summed E-state index contributed by atoms with van der Waals surface area (Å²) in [7, 11) is 0. The number of aromatic nitrogens is 3. The Morgan fingerprint density at radius 1 is 1.18 bits per heavy atom. The number of aromatic hydroxyl groups is 1. The third-order valence-electron chi connectivity index (χ3n) is 5.44. The van der Waals surface area contributed by atoms with Crippen molar-refractivity contribution >= 4 is 28.6 Å². The van der Waals surface area contributed by atoms with Gasteiger partial charge in [0.15, 0.2) is 0 Å². The van der Waals surface area contributed by atoms with E-state index in [1.54, 1.807) is 18.5 Å². The third kappa shape index (κ3) is 5.03. The molecule has 1 aliphatic rings. The van der Waals surface area contributed by atoms with Gasteiger partial charge in [0.2, 0.25) is 5.95 Å². The van der Waals surface area contributed by atoms with Gasteiger partial charge in [0.1, 0.15) is 11.6 Å². The molecule has 1 atom stereocenters. The number of hydrogen-bond acceptors (Lipinski definition) is 6. The van der Waals surface area contributed by atoms with E-state index in [-0.39, 0.29) is 17.2 Å². The van der Waals surface area contributed by atoms with Crippen LogP contribution in [0, 0.1) is 12.8 Å². The quantitative estimate of drug-likeness (QED) is 0.501. The average molecular weight is 444 g/mol. The summed E-state index contributed by atoms with van der Waals surface area (Å²) < 4.78 is 0. The fourth-order valence-electron chi connectivity index (χ4n) is 3.58. The van der Waals surface area contributed by atoms with E-state index in [4.69, 9.17) is 4.98 Å². The van der Waals surface area contributed by atoms with E-state index in [0.29, 0.717) is 34.2 Å². The lowest BCUT2D eigenvalue weighted by atomic mass is 9.98. The molecular weight excluding hydrogens is 414 g/mol. The predicted octanol–water partition coefficient (Wildman–Crippen LogP) is 5.38. The molecule has 2 heterocycles. The molecule has 2 aromatic heterocycles. The fraction of sp³-hybridized carbons (Fsp3) is 0.308. The number of allylic oxidation sites excluding steroid dienone is 2. The molecule has 3 N–H and O–H groups in total. The molecule has 7 heteroatoms. The fourth-order valence-corrected chi connectivity index (χ4v) is 3.58. The number of carbonyl (C=O) groups is 1. The van der Waals surface area contributed by atoms with E-state index in [0.717, 1.165) is 23.1 Å². The van der Waals surface area contributed by atoms with Crippen molar-refractivity contribution in [3.63, 3.8) is 0 Å². The Balaban J connectivity index is 1.80. The van der Waals surface area contributed by atoms with Crippen LogP contribution in [0.15, 0.2) is 54.4 Å². The van der Waals surface area contributed by atoms with E-state index in [1.165, 1.54) is 0 Å². The minimum Gasteiger partial charge on any atom is -0.508 e. The maximum absolute atomic E-state index is 12.9. The van der Waals surface area contributed by atoms with Gasteiger partial charge in [-0.2, -0.15) is 0 Å². The Morgan fingerprint density at radius 3 is 2.64 bits per heavy atom. The lowest BCUT2D eigenvalue weighted by Crippen LogP contribution is -2.27. The van der Waals surface area contributed by atoms with Crippen LogP contribution in [-0.2, 0) is 4.79 Å². The number of rotatable bonds is 4. The summed E-state index contributed by atoms with van der Waals surface area (Å²) in [5.41, 5.74) is 3.32. The van der Waals surface area contributed by atoms with Gasteiger partial charge in [0.05, 0.1) is 10.9 Å². The molecule has 1 unspecified atom stereocenters. The van der Waals surface area contributed by atoms with Crippen molar-refractivity contribution in [2.24, 2.45) is 5.92 Å². The van der Waals surface area contributed by atoms with E-state index in [1.807, 2.05) is 58.1 Å². The van der Waals surface area contributed by atoms with Gasteiger partial charge in [0.25, 0.3) is 5.91 Å². The van der Waals surface area contributed by atoms with Crippen LogP contribution in [0.25, 0.3) is 22.0 Å². The van der Waals surface area contributed by atoms with Crippen molar-refractivity contribution < 1.29 is 9.90 Å². The zero-order chi connectivity index (χ0) is 23.8. The number of nitrogens with zero attached hydrogens (tertiary/aromatic N) is 3. The highest BCUT2D eigenvalue weighted by molar-refractivity contribution is 6.10. The molecule has 4 rings (SSSR count). The van der Waals surface area contributed by atoms with Crippen LogP contribution in [0.5, 0.6) is 5.75 Å². The molecule has 0 aliphatic heterocycles. The smallest absolute Gasteiger partial charge is 0.256 e. The summed E-state index contributed by atoms with van der Waals surface area (Å²) >= 11 is 0. The number of pyridine rings is 1. The van der Waals surface area contributed by atoms with Gasteiger partial charge in [-0.05, 0) is 57.2 Å². The molecule has 0 radical (unpaired) electrons. The second-order valence-corrected chi connectivity index (χ2v) is 9.54. The standard InChI is InChI=1S/C26H29N5O2/c1-15-6-9-17(10-7-15)24(33)30-23-20-14-28-25(31-26(3,4)5)29-22(20)19(13-27-23)18-11-8-16(2)21(32)12-18/h6,8-15,32H,7H2,1-5H3,(H,27,30,33)(H,28,29,31). The average Bonchev–Trinajstić information content (AvgIpc) is 2.75. The lowest BCUT2D eigenvalue weighted by Gasteiger charge is -2.21. The Morgan fingerprint density at radius 2 is 1.97 bits per heavy atom. The Hall–Kier alpha value is -3.74. The lowest BCUT2D eigenvalue weighted by molar-refractivity contribution is -0.112. The van der Waals surface area contributed by atoms with Gasteiger partial charge in [0, 0.05) is 29.1 Å². The predicted molar refractivity (Wildman–Crippen MR) is 132 cm³/mol. The number of anilines is 2. The molecule has 1 aliphatic carbocycles. The summed E-state index contributed by atoms with van der Waals surface area (Å²) in [4.78, 5) is 26.6. The highest BCUT2D eigenvalue weighted by Crippen LogP contribution is 2.33. The molecule has 3 aromatic rings. The van der Waals surface area contributed by atoms with E-state index in [9.17, 15) is 9.90 Å². The topological polar surface area (TPSA) is 100 Å². The molecule has 0 bridgehead atoms. The number of aryl methyl sites for hydroxylation is 1. The molecule has 1 amide bonds. The van der Waals surface area contributed by atoms with Crippen molar-refractivity contribution in [1.29, 1.82) is 0 Å². The highest BCUT2D eigenvalue weighted by Gasteiger charge is 2.19. The first-order chi connectivity index (χ1) is 15.6. The van der Waals surface area contributed by atoms with Crippen molar-refractivity contribution in [3.8, 4) is 16.9 Å². The SMILES string of the molecule is Cc1ccc(-c2cnc(NC(=O)C3=CCC(C)C=C3)c3cnc(NC(C)(C)C)nc23)cc1O. The summed E-state index contributed by atoms with van der Waals surface area (Å²) in [6, 6.07) is 5.47. The molecule has 0 fully saturated rings. The molecule has 0 spiro atoms. The van der Waals surface area contributed by atoms with Gasteiger partial charge >= 0.3 is 0 Å². The minimum absolute atomic E-state index is 0.199. The second-order valence-electron chi connectivity index (χ2n) is 9.54. The highest BCUT2D eigenvalue weighted by atomic mass is 16.3. The van der Waals surface area contributed by atoms with Crippen LogP contribution >= 0.6 is 0 Å². The number of phenolic OH excluding ortho intramolecular Hbond substituents is 1. The van der Waals surface area contributed by atoms with Crippen molar-refractivity contribution in [2.45, 2.75) is 46.6 Å². The molecule has 1 aromatic carbocycles. The molecule has 0 saturated carbocycles. The van der Waals surface area contributed by atoms with Gasteiger partial charge in [-0.1, -0.05) is 37.3 Å². The van der Waals surface area contributed by atoms with Crippen LogP contribution in [0.3, 0.4) is 0 Å². The van der Waals surface area contributed by atoms with Crippen molar-refractivity contribution in [3.05, 3.63) is 60.0 Å². The zero-order valence-electron chi connectivity index (χ0n) is 19.6. The first-order valence-corrected chi connectivity index (χ1v) is 11.0. The maximum Gasteiger partial charge on any atom is 0.256 e. The first kappa shape index (κ1) is 22.5. The number of fused-ring (bicyclic) bond motifs is 1. The monoisotopic (exact) mass is 443 g/mol. The second kappa shape index (κ2) is 8.65. The molecule has 0 saturated heterocycles. The zero-order valence-corrected chi connectivity index (χ0v) is 19.6. The van der Waals surface area contributed by atoms with Crippen LogP contribution in [0.4, 0.5) is 11.8 Å². The molecule has 33 heavy (non-hydrogen) atoms. The minimum atomic E-state index is -0.225. The molecular formula is C26H29N5O2. The van der Waals surface area contributed by atoms with Crippen LogP contribution in [0.1, 0.15) is 39.7 Å². The van der Waals surface area contributed by atoms with Crippen LogP contribution in [0.2, 0.25) is 0 Å². The third-order valence-corrected chi connectivity index (χ3v) is 5.44. The molecule has 7 nitrogen and oxygen atoms in total. The Labute approximate surface area is 193 Å². The van der Waals surface area contributed by atoms with Gasteiger partial charge in [-0.25, -0.2) is 15.0 Å². The summed E-state index contributed by atoms with van der Waals surface area (Å²) in [6.45, 7) is 10.0. The van der Waals surface area contributed by atoms with Gasteiger partial charge < -0.3 is 15.7 Å². The van der Waals surface area contributed by atoms with E-state index >= 15 is 0 Å².